The summed E-state index contributed by atoms with van der Waals surface area (Å²) in [6.07, 6.45) is 4.18. The topological polar surface area (TPSA) is 39.9 Å². The summed E-state index contributed by atoms with van der Waals surface area (Å²) < 4.78 is 0. The van der Waals surface area contributed by atoms with Crippen LogP contribution < -0.4 is 4.90 Å². The van der Waals surface area contributed by atoms with Gasteiger partial charge >= 0.3 is 0 Å². The van der Waals surface area contributed by atoms with E-state index in [1.165, 1.54) is 12.8 Å². The lowest BCUT2D eigenvalue weighted by molar-refractivity contribution is 0.292. The lowest BCUT2D eigenvalue weighted by Crippen LogP contribution is -2.40. The molecule has 0 aromatic carbocycles. The summed E-state index contributed by atoms with van der Waals surface area (Å²) in [6.45, 7) is 6.64. The van der Waals surface area contributed by atoms with E-state index in [1.807, 2.05) is 6.07 Å². The van der Waals surface area contributed by atoms with Gasteiger partial charge in [-0.25, -0.2) is 4.98 Å². The van der Waals surface area contributed by atoms with Crippen LogP contribution in [0.1, 0.15) is 32.3 Å². The summed E-state index contributed by atoms with van der Waals surface area (Å²) in [4.78, 5) is 6.63. The second-order valence-electron chi connectivity index (χ2n) is 5.20. The number of aromatic nitrogens is 1. The monoisotopic (exact) mass is 215 g/mol. The van der Waals surface area contributed by atoms with Gasteiger partial charge in [0, 0.05) is 19.3 Å². The van der Waals surface area contributed by atoms with Gasteiger partial charge in [0.25, 0.3) is 0 Å². The quantitative estimate of drug-likeness (QED) is 0.723. The van der Waals surface area contributed by atoms with Crippen molar-refractivity contribution in [3.8, 4) is 6.07 Å². The fourth-order valence-corrected chi connectivity index (χ4v) is 2.28. The summed E-state index contributed by atoms with van der Waals surface area (Å²) in [5.74, 6) is 0.937. The molecule has 0 N–H and O–H groups in total. The second kappa shape index (κ2) is 4.13. The molecule has 0 bridgehead atoms. The predicted molar refractivity (Wildman–Crippen MR) is 64.2 cm³/mol. The van der Waals surface area contributed by atoms with Gasteiger partial charge in [-0.1, -0.05) is 13.8 Å². The lowest BCUT2D eigenvalue weighted by atomic mass is 9.84. The molecular weight excluding hydrogens is 198 g/mol. The molecule has 0 aliphatic carbocycles. The summed E-state index contributed by atoms with van der Waals surface area (Å²) >= 11 is 0. The van der Waals surface area contributed by atoms with Gasteiger partial charge in [-0.15, -0.1) is 0 Å². The third-order valence-corrected chi connectivity index (χ3v) is 3.10. The highest BCUT2D eigenvalue weighted by Crippen LogP contribution is 2.30. The van der Waals surface area contributed by atoms with Gasteiger partial charge in [0.05, 0.1) is 11.6 Å². The van der Waals surface area contributed by atoms with E-state index in [9.17, 15) is 0 Å². The standard InChI is InChI=1S/C13H17N3/c1-13(2)5-3-7-16(10-13)12-8-11(9-14)4-6-15-12/h4,6,8H,3,5,7,10H2,1-2H3. The molecule has 0 atom stereocenters. The molecule has 3 heteroatoms. The van der Waals surface area contributed by atoms with E-state index in [4.69, 9.17) is 5.26 Å². The van der Waals surface area contributed by atoms with Gasteiger partial charge in [-0.05, 0) is 30.4 Å². The van der Waals surface area contributed by atoms with Crippen LogP contribution in [0.2, 0.25) is 0 Å². The molecule has 3 nitrogen and oxygen atoms in total. The van der Waals surface area contributed by atoms with Crippen molar-refractivity contribution in [2.75, 3.05) is 18.0 Å². The van der Waals surface area contributed by atoms with Crippen molar-refractivity contribution in [2.45, 2.75) is 26.7 Å². The maximum absolute atomic E-state index is 8.87. The SMILES string of the molecule is CC1(C)CCCN(c2cc(C#N)ccn2)C1. The molecule has 2 rings (SSSR count). The summed E-state index contributed by atoms with van der Waals surface area (Å²) in [7, 11) is 0. The fourth-order valence-electron chi connectivity index (χ4n) is 2.28. The number of pyridine rings is 1. The molecule has 84 valence electrons. The molecule has 0 saturated carbocycles. The number of hydrogen-bond acceptors (Lipinski definition) is 3. The number of nitrogens with zero attached hydrogens (tertiary/aromatic N) is 3. The van der Waals surface area contributed by atoms with Gasteiger partial charge in [-0.2, -0.15) is 5.26 Å². The molecule has 1 aliphatic heterocycles. The van der Waals surface area contributed by atoms with Crippen molar-refractivity contribution in [3.05, 3.63) is 23.9 Å². The van der Waals surface area contributed by atoms with Gasteiger partial charge in [0.2, 0.25) is 0 Å². The fraction of sp³-hybridized carbons (Fsp3) is 0.538. The van der Waals surface area contributed by atoms with Crippen LogP contribution in [-0.2, 0) is 0 Å². The minimum atomic E-state index is 0.350. The Labute approximate surface area is 96.7 Å². The Morgan fingerprint density at radius 3 is 3.00 bits per heavy atom. The minimum absolute atomic E-state index is 0.350. The first-order valence-corrected chi connectivity index (χ1v) is 5.72. The van der Waals surface area contributed by atoms with Crippen LogP contribution in [0.5, 0.6) is 0 Å². The van der Waals surface area contributed by atoms with Crippen molar-refractivity contribution in [2.24, 2.45) is 5.41 Å². The zero-order valence-electron chi connectivity index (χ0n) is 9.90. The normalized spacial score (nSPS) is 19.2. The zero-order valence-corrected chi connectivity index (χ0v) is 9.90. The van der Waals surface area contributed by atoms with E-state index in [1.54, 1.807) is 12.3 Å². The van der Waals surface area contributed by atoms with E-state index >= 15 is 0 Å². The van der Waals surface area contributed by atoms with Crippen LogP contribution in [0, 0.1) is 16.7 Å². The van der Waals surface area contributed by atoms with Crippen LogP contribution >= 0.6 is 0 Å². The Bertz CT molecular complexity index is 417. The van der Waals surface area contributed by atoms with Gasteiger partial charge in [-0.3, -0.25) is 0 Å². The highest BCUT2D eigenvalue weighted by Gasteiger charge is 2.26. The van der Waals surface area contributed by atoms with Crippen molar-refractivity contribution < 1.29 is 0 Å². The molecule has 16 heavy (non-hydrogen) atoms. The van der Waals surface area contributed by atoms with Crippen molar-refractivity contribution in [3.63, 3.8) is 0 Å². The molecule has 2 heterocycles. The lowest BCUT2D eigenvalue weighted by Gasteiger charge is -2.38. The Balaban J connectivity index is 2.21. The zero-order chi connectivity index (χ0) is 11.6. The molecule has 1 saturated heterocycles. The Morgan fingerprint density at radius 1 is 1.50 bits per heavy atom. The van der Waals surface area contributed by atoms with E-state index in [2.05, 4.69) is 29.8 Å². The van der Waals surface area contributed by atoms with Gasteiger partial charge < -0.3 is 4.90 Å². The number of anilines is 1. The summed E-state index contributed by atoms with van der Waals surface area (Å²) in [6, 6.07) is 5.79. The third-order valence-electron chi connectivity index (χ3n) is 3.10. The Morgan fingerprint density at radius 2 is 2.31 bits per heavy atom. The van der Waals surface area contributed by atoms with Crippen LogP contribution in [0.25, 0.3) is 0 Å². The first-order chi connectivity index (χ1) is 7.61. The van der Waals surface area contributed by atoms with Crippen LogP contribution in [0.15, 0.2) is 18.3 Å². The Kier molecular flexibility index (Phi) is 2.82. The van der Waals surface area contributed by atoms with Crippen LogP contribution in [0.3, 0.4) is 0 Å². The van der Waals surface area contributed by atoms with Crippen LogP contribution in [-0.4, -0.2) is 18.1 Å². The van der Waals surface area contributed by atoms with Gasteiger partial charge in [0.15, 0.2) is 0 Å². The summed E-state index contributed by atoms with van der Waals surface area (Å²) in [5, 5.41) is 8.87. The van der Waals surface area contributed by atoms with Crippen molar-refractivity contribution in [1.82, 2.24) is 4.98 Å². The smallest absolute Gasteiger partial charge is 0.129 e. The van der Waals surface area contributed by atoms with E-state index in [0.29, 0.717) is 11.0 Å². The number of nitriles is 1. The molecule has 0 radical (unpaired) electrons. The van der Waals surface area contributed by atoms with Gasteiger partial charge in [0.1, 0.15) is 5.82 Å². The molecule has 1 fully saturated rings. The molecule has 0 unspecified atom stereocenters. The summed E-state index contributed by atoms with van der Waals surface area (Å²) in [5.41, 5.74) is 1.04. The van der Waals surface area contributed by atoms with E-state index in [0.717, 1.165) is 18.9 Å². The third kappa shape index (κ3) is 2.33. The molecular formula is C13H17N3. The maximum Gasteiger partial charge on any atom is 0.129 e. The average molecular weight is 215 g/mol. The highest BCUT2D eigenvalue weighted by atomic mass is 15.2. The molecule has 1 aromatic rings. The molecule has 1 aromatic heterocycles. The molecule has 0 spiro atoms. The number of hydrogen-bond donors (Lipinski definition) is 0. The number of rotatable bonds is 1. The molecule has 1 aliphatic rings. The first kappa shape index (κ1) is 10.9. The van der Waals surface area contributed by atoms with E-state index in [-0.39, 0.29) is 0 Å². The first-order valence-electron chi connectivity index (χ1n) is 5.72. The largest absolute Gasteiger partial charge is 0.356 e. The Hall–Kier alpha value is -1.56. The minimum Gasteiger partial charge on any atom is -0.356 e. The second-order valence-corrected chi connectivity index (χ2v) is 5.20. The predicted octanol–water partition coefficient (Wildman–Crippen LogP) is 2.58. The number of piperidine rings is 1. The van der Waals surface area contributed by atoms with Crippen molar-refractivity contribution >= 4 is 5.82 Å². The molecule has 0 amide bonds. The van der Waals surface area contributed by atoms with Crippen molar-refractivity contribution in [1.29, 1.82) is 5.26 Å². The average Bonchev–Trinajstić information content (AvgIpc) is 2.28. The highest BCUT2D eigenvalue weighted by molar-refractivity contribution is 5.45. The van der Waals surface area contributed by atoms with Crippen LogP contribution in [0.4, 0.5) is 5.82 Å². The maximum atomic E-state index is 8.87. The van der Waals surface area contributed by atoms with E-state index < -0.39 is 0 Å².